The van der Waals surface area contributed by atoms with E-state index in [0.29, 0.717) is 17.1 Å². The average molecular weight is 361 g/mol. The molecule has 2 atom stereocenters. The smallest absolute Gasteiger partial charge is 0.308 e. The van der Waals surface area contributed by atoms with Crippen LogP contribution in [0.5, 0.6) is 0 Å². The maximum atomic E-state index is 12.5. The summed E-state index contributed by atoms with van der Waals surface area (Å²) < 4.78 is 0. The number of rotatable bonds is 4. The Kier molecular flexibility index (Phi) is 4.49. The first-order valence-corrected chi connectivity index (χ1v) is 8.47. The summed E-state index contributed by atoms with van der Waals surface area (Å²) in [5.74, 6) is -1.85. The molecule has 0 bridgehead atoms. The quantitative estimate of drug-likeness (QED) is 0.661. The summed E-state index contributed by atoms with van der Waals surface area (Å²) in [5, 5.41) is 22.1. The van der Waals surface area contributed by atoms with Crippen LogP contribution in [0.25, 0.3) is 10.6 Å². The van der Waals surface area contributed by atoms with E-state index in [1.807, 2.05) is 6.92 Å². The number of benzene rings is 1. The fourth-order valence-corrected chi connectivity index (χ4v) is 3.65. The number of carbonyl (C=O) groups excluding carboxylic acids is 1. The predicted octanol–water partition coefficient (Wildman–Crippen LogP) is 2.51. The first-order valence-electron chi connectivity index (χ1n) is 7.59. The van der Waals surface area contributed by atoms with Gasteiger partial charge in [0.15, 0.2) is 0 Å². The molecular weight excluding hydrogens is 346 g/mol. The number of hydrogen-bond acceptors (Lipinski definition) is 6. The predicted molar refractivity (Wildman–Crippen MR) is 90.4 cm³/mol. The monoisotopic (exact) mass is 361 g/mol. The summed E-state index contributed by atoms with van der Waals surface area (Å²) in [7, 11) is 0. The van der Waals surface area contributed by atoms with Crippen LogP contribution >= 0.6 is 11.3 Å². The molecule has 0 unspecified atom stereocenters. The Bertz CT molecular complexity index is 833. The van der Waals surface area contributed by atoms with E-state index >= 15 is 0 Å². The van der Waals surface area contributed by atoms with E-state index in [1.54, 1.807) is 17.5 Å². The second-order valence-corrected chi connectivity index (χ2v) is 6.83. The molecular formula is C16H15N3O5S. The summed E-state index contributed by atoms with van der Waals surface area (Å²) in [4.78, 5) is 39.7. The van der Waals surface area contributed by atoms with E-state index in [2.05, 4.69) is 4.98 Å². The number of carboxylic acid groups (broad SMARTS) is 1. The SMILES string of the molecule is C[C@@H]1CN(C(=O)c2csc(-c3ccc([N+](=O)[O-])cc3)n2)C[C@H]1C(=O)O. The lowest BCUT2D eigenvalue weighted by atomic mass is 9.99. The fraction of sp³-hybridized carbons (Fsp3) is 0.312. The largest absolute Gasteiger partial charge is 0.481 e. The van der Waals surface area contributed by atoms with Gasteiger partial charge in [-0.3, -0.25) is 19.7 Å². The van der Waals surface area contributed by atoms with Crippen LogP contribution in [0.15, 0.2) is 29.6 Å². The molecule has 2 aromatic rings. The van der Waals surface area contributed by atoms with Crippen LogP contribution < -0.4 is 0 Å². The van der Waals surface area contributed by atoms with Gasteiger partial charge in [0, 0.05) is 36.2 Å². The number of aromatic nitrogens is 1. The van der Waals surface area contributed by atoms with Gasteiger partial charge in [-0.2, -0.15) is 0 Å². The van der Waals surface area contributed by atoms with Gasteiger partial charge in [0.05, 0.1) is 10.8 Å². The molecule has 3 rings (SSSR count). The Morgan fingerprint density at radius 2 is 2.00 bits per heavy atom. The summed E-state index contributed by atoms with van der Waals surface area (Å²) >= 11 is 1.27. The molecule has 0 saturated carbocycles. The molecule has 0 spiro atoms. The third kappa shape index (κ3) is 3.36. The van der Waals surface area contributed by atoms with Crippen molar-refractivity contribution in [1.29, 1.82) is 0 Å². The van der Waals surface area contributed by atoms with E-state index in [1.165, 1.54) is 28.4 Å². The molecule has 1 amide bonds. The minimum absolute atomic E-state index is 0.0117. The Hall–Kier alpha value is -2.81. The second-order valence-electron chi connectivity index (χ2n) is 5.97. The molecule has 1 aliphatic heterocycles. The number of likely N-dealkylation sites (tertiary alicyclic amines) is 1. The van der Waals surface area contributed by atoms with E-state index in [-0.39, 0.29) is 29.8 Å². The molecule has 9 heteroatoms. The highest BCUT2D eigenvalue weighted by Gasteiger charge is 2.37. The molecule has 1 N–H and O–H groups in total. The van der Waals surface area contributed by atoms with Crippen LogP contribution in [0.3, 0.4) is 0 Å². The van der Waals surface area contributed by atoms with E-state index < -0.39 is 16.8 Å². The number of thiazole rings is 1. The highest BCUT2D eigenvalue weighted by Crippen LogP contribution is 2.28. The normalized spacial score (nSPS) is 19.8. The van der Waals surface area contributed by atoms with E-state index in [0.717, 1.165) is 0 Å². The summed E-state index contributed by atoms with van der Waals surface area (Å²) in [6, 6.07) is 5.95. The van der Waals surface area contributed by atoms with Gasteiger partial charge < -0.3 is 10.0 Å². The summed E-state index contributed by atoms with van der Waals surface area (Å²) in [6.45, 7) is 2.38. The standard InChI is InChI=1S/C16H15N3O5S/c1-9-6-18(7-12(9)16(21)22)15(20)13-8-25-14(17-13)10-2-4-11(5-3-10)19(23)24/h2-5,8-9,12H,6-7H2,1H3,(H,21,22)/t9-,12-/m1/s1. The topological polar surface area (TPSA) is 114 Å². The van der Waals surface area contributed by atoms with Gasteiger partial charge in [-0.05, 0) is 18.1 Å². The zero-order valence-corrected chi connectivity index (χ0v) is 14.1. The van der Waals surface area contributed by atoms with Crippen LogP contribution in [0, 0.1) is 22.0 Å². The van der Waals surface area contributed by atoms with Crippen molar-refractivity contribution in [2.45, 2.75) is 6.92 Å². The highest BCUT2D eigenvalue weighted by molar-refractivity contribution is 7.13. The maximum absolute atomic E-state index is 12.5. The number of amides is 1. The number of hydrogen-bond donors (Lipinski definition) is 1. The zero-order chi connectivity index (χ0) is 18.1. The van der Waals surface area contributed by atoms with E-state index in [4.69, 9.17) is 5.11 Å². The molecule has 1 aromatic carbocycles. The van der Waals surface area contributed by atoms with Gasteiger partial charge in [-0.25, -0.2) is 4.98 Å². The minimum Gasteiger partial charge on any atom is -0.481 e. The molecule has 1 saturated heterocycles. The van der Waals surface area contributed by atoms with Gasteiger partial charge >= 0.3 is 5.97 Å². The number of non-ortho nitro benzene ring substituents is 1. The number of nitro groups is 1. The van der Waals surface area contributed by atoms with Crippen LogP contribution in [-0.2, 0) is 4.79 Å². The second kappa shape index (κ2) is 6.60. The van der Waals surface area contributed by atoms with Crippen molar-refractivity contribution < 1.29 is 19.6 Å². The van der Waals surface area contributed by atoms with Crippen LogP contribution in [0.1, 0.15) is 17.4 Å². The highest BCUT2D eigenvalue weighted by atomic mass is 32.1. The molecule has 1 aliphatic rings. The van der Waals surface area contributed by atoms with Gasteiger partial charge in [-0.15, -0.1) is 11.3 Å². The lowest BCUT2D eigenvalue weighted by molar-refractivity contribution is -0.384. The van der Waals surface area contributed by atoms with Crippen LogP contribution in [0.2, 0.25) is 0 Å². The third-order valence-electron chi connectivity index (χ3n) is 4.27. The number of aliphatic carboxylic acids is 1. The number of carboxylic acids is 1. The first kappa shape index (κ1) is 17.0. The Labute approximate surface area is 146 Å². The Morgan fingerprint density at radius 3 is 2.56 bits per heavy atom. The number of nitrogens with zero attached hydrogens (tertiary/aromatic N) is 3. The van der Waals surface area contributed by atoms with Crippen molar-refractivity contribution in [2.75, 3.05) is 13.1 Å². The van der Waals surface area contributed by atoms with Crippen molar-refractivity contribution in [3.8, 4) is 10.6 Å². The lowest BCUT2D eigenvalue weighted by Gasteiger charge is -2.13. The molecule has 0 radical (unpaired) electrons. The third-order valence-corrected chi connectivity index (χ3v) is 5.16. The molecule has 1 fully saturated rings. The number of carbonyl (C=O) groups is 2. The molecule has 1 aromatic heterocycles. The zero-order valence-electron chi connectivity index (χ0n) is 13.3. The van der Waals surface area contributed by atoms with Gasteiger partial charge in [-0.1, -0.05) is 6.92 Å². The maximum Gasteiger partial charge on any atom is 0.308 e. The van der Waals surface area contributed by atoms with E-state index in [9.17, 15) is 19.7 Å². The fourth-order valence-electron chi connectivity index (χ4n) is 2.85. The number of nitro benzene ring substituents is 1. The average Bonchev–Trinajstić information content (AvgIpc) is 3.21. The van der Waals surface area contributed by atoms with Crippen molar-refractivity contribution in [3.05, 3.63) is 45.5 Å². The summed E-state index contributed by atoms with van der Waals surface area (Å²) in [5.41, 5.74) is 0.937. The lowest BCUT2D eigenvalue weighted by Crippen LogP contribution is -2.30. The molecule has 25 heavy (non-hydrogen) atoms. The van der Waals surface area contributed by atoms with Crippen LogP contribution in [-0.4, -0.2) is 44.9 Å². The van der Waals surface area contributed by atoms with Crippen molar-refractivity contribution >= 4 is 28.9 Å². The van der Waals surface area contributed by atoms with Crippen molar-refractivity contribution in [2.24, 2.45) is 11.8 Å². The van der Waals surface area contributed by atoms with Gasteiger partial charge in [0.2, 0.25) is 0 Å². The molecule has 8 nitrogen and oxygen atoms in total. The van der Waals surface area contributed by atoms with Crippen molar-refractivity contribution in [3.63, 3.8) is 0 Å². The van der Waals surface area contributed by atoms with Gasteiger partial charge in [0.1, 0.15) is 10.7 Å². The Balaban J connectivity index is 1.76. The van der Waals surface area contributed by atoms with Crippen molar-refractivity contribution in [1.82, 2.24) is 9.88 Å². The van der Waals surface area contributed by atoms with Gasteiger partial charge in [0.25, 0.3) is 11.6 Å². The Morgan fingerprint density at radius 1 is 1.32 bits per heavy atom. The minimum atomic E-state index is -0.896. The summed E-state index contributed by atoms with van der Waals surface area (Å²) in [6.07, 6.45) is 0. The molecule has 0 aliphatic carbocycles. The van der Waals surface area contributed by atoms with Crippen LogP contribution in [0.4, 0.5) is 5.69 Å². The first-order chi connectivity index (χ1) is 11.9. The molecule has 2 heterocycles. The molecule has 130 valence electrons.